The van der Waals surface area contributed by atoms with Crippen LogP contribution in [0.4, 0.5) is 0 Å². The van der Waals surface area contributed by atoms with Gasteiger partial charge in [-0.3, -0.25) is 0 Å². The number of nitrogens with zero attached hydrogens (tertiary/aromatic N) is 4. The van der Waals surface area contributed by atoms with Crippen molar-refractivity contribution in [3.05, 3.63) is 23.5 Å². The first-order chi connectivity index (χ1) is 7.76. The van der Waals surface area contributed by atoms with Gasteiger partial charge in [-0.2, -0.15) is 5.10 Å². The van der Waals surface area contributed by atoms with Gasteiger partial charge in [0.15, 0.2) is 0 Å². The molecule has 0 aliphatic rings. The third kappa shape index (κ3) is 1.90. The van der Waals surface area contributed by atoms with Crippen molar-refractivity contribution in [3.8, 4) is 0 Å². The van der Waals surface area contributed by atoms with Crippen LogP contribution in [0.2, 0.25) is 0 Å². The van der Waals surface area contributed by atoms with Gasteiger partial charge in [0.05, 0.1) is 11.9 Å². The average molecular weight is 219 g/mol. The van der Waals surface area contributed by atoms with Crippen LogP contribution in [0.5, 0.6) is 0 Å². The van der Waals surface area contributed by atoms with Crippen LogP contribution in [-0.4, -0.2) is 26.1 Å². The standard InChI is InChI=1S/C11H17N5/c1-3-9-10-7-13-8(2)15-16(10)11(14-9)5-4-6-12/h7H,3-6,12H2,1-2H3. The fourth-order valence-corrected chi connectivity index (χ4v) is 1.77. The highest BCUT2D eigenvalue weighted by molar-refractivity contribution is 5.50. The maximum absolute atomic E-state index is 5.52. The van der Waals surface area contributed by atoms with Gasteiger partial charge in [0.25, 0.3) is 0 Å². The summed E-state index contributed by atoms with van der Waals surface area (Å²) < 4.78 is 1.90. The Bertz CT molecular complexity index is 488. The summed E-state index contributed by atoms with van der Waals surface area (Å²) in [5, 5.41) is 4.40. The van der Waals surface area contributed by atoms with Crippen LogP contribution in [0.3, 0.4) is 0 Å². The van der Waals surface area contributed by atoms with Gasteiger partial charge >= 0.3 is 0 Å². The second-order valence-corrected chi connectivity index (χ2v) is 3.82. The zero-order valence-electron chi connectivity index (χ0n) is 9.77. The van der Waals surface area contributed by atoms with E-state index in [0.29, 0.717) is 6.54 Å². The number of fused-ring (bicyclic) bond motifs is 1. The number of imidazole rings is 1. The third-order valence-corrected chi connectivity index (χ3v) is 2.59. The van der Waals surface area contributed by atoms with Crippen molar-refractivity contribution < 1.29 is 0 Å². The van der Waals surface area contributed by atoms with E-state index in [4.69, 9.17) is 5.73 Å². The van der Waals surface area contributed by atoms with Gasteiger partial charge in [-0.15, -0.1) is 0 Å². The summed E-state index contributed by atoms with van der Waals surface area (Å²) in [6.07, 6.45) is 4.55. The Morgan fingerprint density at radius 3 is 2.94 bits per heavy atom. The average Bonchev–Trinajstić information content (AvgIpc) is 2.64. The number of aryl methyl sites for hydroxylation is 3. The second-order valence-electron chi connectivity index (χ2n) is 3.82. The fraction of sp³-hybridized carbons (Fsp3) is 0.545. The van der Waals surface area contributed by atoms with Crippen LogP contribution in [0.15, 0.2) is 6.20 Å². The minimum Gasteiger partial charge on any atom is -0.330 e. The molecule has 0 saturated heterocycles. The molecule has 86 valence electrons. The monoisotopic (exact) mass is 219 g/mol. The van der Waals surface area contributed by atoms with Crippen LogP contribution in [0.25, 0.3) is 5.52 Å². The fourth-order valence-electron chi connectivity index (χ4n) is 1.77. The minimum absolute atomic E-state index is 0.681. The van der Waals surface area contributed by atoms with Crippen LogP contribution >= 0.6 is 0 Å². The summed E-state index contributed by atoms with van der Waals surface area (Å²) in [4.78, 5) is 8.80. The molecule has 2 N–H and O–H groups in total. The van der Waals surface area contributed by atoms with Gasteiger partial charge in [-0.1, -0.05) is 6.92 Å². The summed E-state index contributed by atoms with van der Waals surface area (Å²) in [5.74, 6) is 1.75. The zero-order chi connectivity index (χ0) is 11.5. The topological polar surface area (TPSA) is 69.1 Å². The lowest BCUT2D eigenvalue weighted by atomic mass is 10.3. The van der Waals surface area contributed by atoms with Crippen LogP contribution in [0, 0.1) is 6.92 Å². The van der Waals surface area contributed by atoms with E-state index in [1.165, 1.54) is 0 Å². The van der Waals surface area contributed by atoms with Gasteiger partial charge in [0, 0.05) is 6.42 Å². The molecule has 0 radical (unpaired) electrons. The van der Waals surface area contributed by atoms with Gasteiger partial charge < -0.3 is 5.73 Å². The van der Waals surface area contributed by atoms with Gasteiger partial charge in [0.2, 0.25) is 0 Å². The highest BCUT2D eigenvalue weighted by Crippen LogP contribution is 2.12. The Hall–Kier alpha value is -1.49. The smallest absolute Gasteiger partial charge is 0.146 e. The molecule has 0 fully saturated rings. The molecule has 0 amide bonds. The Morgan fingerprint density at radius 2 is 2.25 bits per heavy atom. The number of hydrogen-bond donors (Lipinski definition) is 1. The van der Waals surface area contributed by atoms with Crippen LogP contribution in [-0.2, 0) is 12.8 Å². The molecular formula is C11H17N5. The van der Waals surface area contributed by atoms with Gasteiger partial charge in [-0.05, 0) is 26.3 Å². The summed E-state index contributed by atoms with van der Waals surface area (Å²) in [7, 11) is 0. The SMILES string of the molecule is CCc1nc(CCCN)n2nc(C)ncc12. The van der Waals surface area contributed by atoms with E-state index >= 15 is 0 Å². The molecule has 0 saturated carbocycles. The molecule has 5 nitrogen and oxygen atoms in total. The number of rotatable bonds is 4. The summed E-state index contributed by atoms with van der Waals surface area (Å²) in [6, 6.07) is 0. The lowest BCUT2D eigenvalue weighted by Crippen LogP contribution is -2.05. The van der Waals surface area contributed by atoms with E-state index in [9.17, 15) is 0 Å². The van der Waals surface area contributed by atoms with Crippen molar-refractivity contribution in [2.24, 2.45) is 5.73 Å². The summed E-state index contributed by atoms with van der Waals surface area (Å²) in [6.45, 7) is 4.66. The highest BCUT2D eigenvalue weighted by Gasteiger charge is 2.10. The van der Waals surface area contributed by atoms with Crippen molar-refractivity contribution in [1.29, 1.82) is 0 Å². The molecule has 0 aliphatic carbocycles. The molecule has 5 heteroatoms. The number of hydrogen-bond acceptors (Lipinski definition) is 4. The van der Waals surface area contributed by atoms with Crippen molar-refractivity contribution in [3.63, 3.8) is 0 Å². The molecule has 2 rings (SSSR count). The molecule has 2 heterocycles. The second kappa shape index (κ2) is 4.57. The molecule has 16 heavy (non-hydrogen) atoms. The van der Waals surface area contributed by atoms with Crippen molar-refractivity contribution >= 4 is 5.52 Å². The maximum atomic E-state index is 5.52. The quantitative estimate of drug-likeness (QED) is 0.829. The third-order valence-electron chi connectivity index (χ3n) is 2.59. The van der Waals surface area contributed by atoms with Crippen LogP contribution < -0.4 is 5.73 Å². The van der Waals surface area contributed by atoms with Crippen molar-refractivity contribution in [2.45, 2.75) is 33.1 Å². The Balaban J connectivity index is 2.50. The normalized spacial score (nSPS) is 11.2. The Kier molecular flexibility index (Phi) is 3.14. The molecule has 0 aromatic carbocycles. The number of nitrogens with two attached hydrogens (primary N) is 1. The molecule has 0 atom stereocenters. The Labute approximate surface area is 94.7 Å². The molecule has 0 aliphatic heterocycles. The Morgan fingerprint density at radius 1 is 1.44 bits per heavy atom. The number of aromatic nitrogens is 4. The maximum Gasteiger partial charge on any atom is 0.146 e. The molecule has 0 unspecified atom stereocenters. The first-order valence-electron chi connectivity index (χ1n) is 5.66. The largest absolute Gasteiger partial charge is 0.330 e. The van der Waals surface area contributed by atoms with E-state index in [1.807, 2.05) is 17.6 Å². The van der Waals surface area contributed by atoms with Crippen molar-refractivity contribution in [2.75, 3.05) is 6.54 Å². The summed E-state index contributed by atoms with van der Waals surface area (Å²) >= 11 is 0. The minimum atomic E-state index is 0.681. The molecular weight excluding hydrogens is 202 g/mol. The lowest BCUT2D eigenvalue weighted by Gasteiger charge is -1.99. The van der Waals surface area contributed by atoms with Crippen LogP contribution in [0.1, 0.15) is 30.7 Å². The molecule has 0 spiro atoms. The van der Waals surface area contributed by atoms with E-state index in [2.05, 4.69) is 22.0 Å². The predicted molar refractivity (Wildman–Crippen MR) is 62.3 cm³/mol. The van der Waals surface area contributed by atoms with E-state index in [-0.39, 0.29) is 0 Å². The first kappa shape index (κ1) is 11.0. The van der Waals surface area contributed by atoms with Crippen molar-refractivity contribution in [1.82, 2.24) is 19.6 Å². The lowest BCUT2D eigenvalue weighted by molar-refractivity contribution is 0.727. The molecule has 2 aromatic heterocycles. The van der Waals surface area contributed by atoms with E-state index in [1.54, 1.807) is 0 Å². The van der Waals surface area contributed by atoms with Gasteiger partial charge in [0.1, 0.15) is 17.2 Å². The van der Waals surface area contributed by atoms with E-state index in [0.717, 1.165) is 42.1 Å². The first-order valence-corrected chi connectivity index (χ1v) is 5.66. The molecule has 2 aromatic rings. The highest BCUT2D eigenvalue weighted by atomic mass is 15.3. The van der Waals surface area contributed by atoms with Gasteiger partial charge in [-0.25, -0.2) is 14.5 Å². The summed E-state index contributed by atoms with van der Waals surface area (Å²) in [5.41, 5.74) is 7.60. The van der Waals surface area contributed by atoms with E-state index < -0.39 is 0 Å². The predicted octanol–water partition coefficient (Wildman–Crippen LogP) is 0.886. The zero-order valence-corrected chi connectivity index (χ0v) is 9.77. The molecule has 0 bridgehead atoms.